The first-order valence-electron chi connectivity index (χ1n) is 7.12. The monoisotopic (exact) mass is 291 g/mol. The minimum Gasteiger partial charge on any atom is -0.310 e. The van der Waals surface area contributed by atoms with Crippen molar-refractivity contribution < 1.29 is 13.2 Å². The molecule has 1 N–H and O–H groups in total. The quantitative estimate of drug-likeness (QED) is 0.885. The van der Waals surface area contributed by atoms with Crippen molar-refractivity contribution in [3.63, 3.8) is 0 Å². The topological polar surface area (TPSA) is 12.0 Å². The Hall–Kier alpha value is -1.81. The molecule has 0 saturated carbocycles. The Bertz CT molecular complexity index is 659. The van der Waals surface area contributed by atoms with Gasteiger partial charge in [-0.25, -0.2) is 13.2 Å². The van der Waals surface area contributed by atoms with Crippen LogP contribution in [0.2, 0.25) is 0 Å². The number of halogens is 3. The summed E-state index contributed by atoms with van der Waals surface area (Å²) in [5.41, 5.74) is 2.43. The van der Waals surface area contributed by atoms with Gasteiger partial charge in [-0.15, -0.1) is 0 Å². The van der Waals surface area contributed by atoms with Crippen molar-refractivity contribution in [3.8, 4) is 11.1 Å². The molecule has 0 aromatic heterocycles. The smallest absolute Gasteiger partial charge is 0.136 e. The molecule has 1 atom stereocenters. The minimum absolute atomic E-state index is 0.134. The highest BCUT2D eigenvalue weighted by Gasteiger charge is 2.26. The molecule has 2 aromatic rings. The molecule has 0 radical (unpaired) electrons. The van der Waals surface area contributed by atoms with Crippen LogP contribution in [-0.2, 0) is 6.42 Å². The van der Waals surface area contributed by atoms with E-state index in [0.717, 1.165) is 42.6 Å². The number of nitrogens with one attached hydrogen (secondary N) is 1. The highest BCUT2D eigenvalue weighted by atomic mass is 19.1. The molecule has 21 heavy (non-hydrogen) atoms. The van der Waals surface area contributed by atoms with E-state index in [2.05, 4.69) is 5.32 Å². The van der Waals surface area contributed by atoms with Crippen molar-refractivity contribution in [2.45, 2.75) is 25.8 Å². The molecule has 1 unspecified atom stereocenters. The van der Waals surface area contributed by atoms with Crippen molar-refractivity contribution in [2.24, 2.45) is 0 Å². The molecule has 0 amide bonds. The second-order valence-corrected chi connectivity index (χ2v) is 5.27. The Morgan fingerprint density at radius 3 is 2.52 bits per heavy atom. The zero-order valence-electron chi connectivity index (χ0n) is 11.7. The van der Waals surface area contributed by atoms with Gasteiger partial charge in [-0.2, -0.15) is 0 Å². The molecule has 2 aromatic carbocycles. The highest BCUT2D eigenvalue weighted by Crippen LogP contribution is 2.39. The van der Waals surface area contributed by atoms with Crippen LogP contribution in [0.15, 0.2) is 30.3 Å². The molecule has 3 rings (SSSR count). The summed E-state index contributed by atoms with van der Waals surface area (Å²) in [6, 6.07) is 7.16. The lowest BCUT2D eigenvalue weighted by Crippen LogP contribution is -2.18. The lowest BCUT2D eigenvalue weighted by Gasteiger charge is -2.14. The van der Waals surface area contributed by atoms with Crippen LogP contribution < -0.4 is 5.32 Å². The summed E-state index contributed by atoms with van der Waals surface area (Å²) in [5.74, 6) is -2.60. The summed E-state index contributed by atoms with van der Waals surface area (Å²) in [6.07, 6.45) is 1.67. The van der Waals surface area contributed by atoms with E-state index in [1.165, 1.54) is 0 Å². The summed E-state index contributed by atoms with van der Waals surface area (Å²) in [5, 5.41) is 3.37. The summed E-state index contributed by atoms with van der Waals surface area (Å²) >= 11 is 0. The lowest BCUT2D eigenvalue weighted by molar-refractivity contribution is 0.548. The maximum Gasteiger partial charge on any atom is 0.136 e. The second-order valence-electron chi connectivity index (χ2n) is 5.27. The predicted octanol–water partition coefficient (Wildman–Crippen LogP) is 4.37. The largest absolute Gasteiger partial charge is 0.310 e. The normalized spacial score (nSPS) is 17.0. The zero-order valence-corrected chi connectivity index (χ0v) is 11.7. The summed E-state index contributed by atoms with van der Waals surface area (Å²) in [6.45, 7) is 2.87. The molecule has 1 aliphatic rings. The van der Waals surface area contributed by atoms with E-state index in [1.54, 1.807) is 12.1 Å². The minimum atomic E-state index is -0.896. The molecule has 1 nitrogen and oxygen atoms in total. The number of hydrogen-bond acceptors (Lipinski definition) is 1. The zero-order chi connectivity index (χ0) is 15.0. The molecule has 0 spiro atoms. The first-order chi connectivity index (χ1) is 10.1. The van der Waals surface area contributed by atoms with Gasteiger partial charge in [-0.3, -0.25) is 0 Å². The maximum atomic E-state index is 14.0. The van der Waals surface area contributed by atoms with E-state index in [4.69, 9.17) is 0 Å². The summed E-state index contributed by atoms with van der Waals surface area (Å²) in [4.78, 5) is 0. The van der Waals surface area contributed by atoms with E-state index in [1.807, 2.05) is 13.0 Å². The van der Waals surface area contributed by atoms with Crippen molar-refractivity contribution >= 4 is 0 Å². The Kier molecular flexibility index (Phi) is 3.72. The van der Waals surface area contributed by atoms with Crippen molar-refractivity contribution in [2.75, 3.05) is 6.54 Å². The SMILES string of the molecule is CCNC1CCc2c(-c3c(F)cc(F)cc3F)cccc21. The van der Waals surface area contributed by atoms with E-state index < -0.39 is 17.5 Å². The first kappa shape index (κ1) is 14.1. The van der Waals surface area contributed by atoms with Crippen LogP contribution in [0.25, 0.3) is 11.1 Å². The second kappa shape index (κ2) is 5.53. The average Bonchev–Trinajstić information content (AvgIpc) is 2.82. The van der Waals surface area contributed by atoms with Crippen LogP contribution in [-0.4, -0.2) is 6.54 Å². The molecule has 1 aliphatic carbocycles. The van der Waals surface area contributed by atoms with Crippen LogP contribution in [0.3, 0.4) is 0 Å². The highest BCUT2D eigenvalue weighted by molar-refractivity contribution is 5.71. The third kappa shape index (κ3) is 2.44. The van der Waals surface area contributed by atoms with E-state index >= 15 is 0 Å². The van der Waals surface area contributed by atoms with Crippen molar-refractivity contribution in [1.29, 1.82) is 0 Å². The number of benzene rings is 2. The molecule has 0 heterocycles. The van der Waals surface area contributed by atoms with E-state index in [-0.39, 0.29) is 11.6 Å². The summed E-state index contributed by atoms with van der Waals surface area (Å²) < 4.78 is 41.1. The van der Waals surface area contributed by atoms with Gasteiger partial charge in [0, 0.05) is 18.2 Å². The Morgan fingerprint density at radius 1 is 1.14 bits per heavy atom. The first-order valence-corrected chi connectivity index (χ1v) is 7.12. The van der Waals surface area contributed by atoms with Gasteiger partial charge in [0.05, 0.1) is 5.56 Å². The van der Waals surface area contributed by atoms with Gasteiger partial charge in [0.2, 0.25) is 0 Å². The van der Waals surface area contributed by atoms with Gasteiger partial charge in [0.1, 0.15) is 17.5 Å². The van der Waals surface area contributed by atoms with Crippen LogP contribution in [0.5, 0.6) is 0 Å². The van der Waals surface area contributed by atoms with Crippen molar-refractivity contribution in [1.82, 2.24) is 5.32 Å². The molecule has 110 valence electrons. The molecule has 0 fully saturated rings. The Morgan fingerprint density at radius 2 is 1.86 bits per heavy atom. The maximum absolute atomic E-state index is 14.0. The molecule has 0 saturated heterocycles. The van der Waals surface area contributed by atoms with E-state index in [0.29, 0.717) is 5.56 Å². The number of fused-ring (bicyclic) bond motifs is 1. The van der Waals surface area contributed by atoms with E-state index in [9.17, 15) is 13.2 Å². The molecule has 0 aliphatic heterocycles. The van der Waals surface area contributed by atoms with Gasteiger partial charge < -0.3 is 5.32 Å². The Labute approximate surface area is 121 Å². The predicted molar refractivity (Wildman–Crippen MR) is 76.5 cm³/mol. The lowest BCUT2D eigenvalue weighted by atomic mass is 9.95. The molecular weight excluding hydrogens is 275 g/mol. The molecule has 4 heteroatoms. The fourth-order valence-electron chi connectivity index (χ4n) is 3.15. The molecular formula is C17H16F3N. The third-order valence-electron chi connectivity index (χ3n) is 4.00. The van der Waals surface area contributed by atoms with Gasteiger partial charge in [-0.1, -0.05) is 25.1 Å². The van der Waals surface area contributed by atoms with Crippen LogP contribution in [0, 0.1) is 17.5 Å². The molecule has 0 bridgehead atoms. The summed E-state index contributed by atoms with van der Waals surface area (Å²) in [7, 11) is 0. The fraction of sp³-hybridized carbons (Fsp3) is 0.294. The Balaban J connectivity index is 2.14. The van der Waals surface area contributed by atoms with Gasteiger partial charge in [0.25, 0.3) is 0 Å². The standard InChI is InChI=1S/C17H16F3N/c1-2-21-16-7-6-11-12(16)4-3-5-13(11)17-14(19)8-10(18)9-15(17)20/h3-5,8-9,16,21H,2,6-7H2,1H3. The third-order valence-corrected chi connectivity index (χ3v) is 4.00. The van der Waals surface area contributed by atoms with Gasteiger partial charge in [-0.05, 0) is 36.1 Å². The number of hydrogen-bond donors (Lipinski definition) is 1. The van der Waals surface area contributed by atoms with Crippen LogP contribution >= 0.6 is 0 Å². The number of rotatable bonds is 3. The van der Waals surface area contributed by atoms with Crippen molar-refractivity contribution in [3.05, 3.63) is 58.9 Å². The van der Waals surface area contributed by atoms with Crippen LogP contribution in [0.4, 0.5) is 13.2 Å². The van der Waals surface area contributed by atoms with Gasteiger partial charge >= 0.3 is 0 Å². The van der Waals surface area contributed by atoms with Gasteiger partial charge in [0.15, 0.2) is 0 Å². The average molecular weight is 291 g/mol. The van der Waals surface area contributed by atoms with Crippen LogP contribution in [0.1, 0.15) is 30.5 Å². The fourth-order valence-corrected chi connectivity index (χ4v) is 3.15.